The van der Waals surface area contributed by atoms with Gasteiger partial charge in [-0.1, -0.05) is 91.0 Å². The van der Waals surface area contributed by atoms with Gasteiger partial charge in [-0.25, -0.2) is 5.43 Å². The number of benzene rings is 5. The lowest BCUT2D eigenvalue weighted by Gasteiger charge is -2.15. The molecule has 1 amide bonds. The number of nitro groups is 1. The largest absolute Gasteiger partial charge is 0.493 e. The minimum absolute atomic E-state index is 0.143. The van der Waals surface area contributed by atoms with Gasteiger partial charge in [-0.15, -0.1) is 0 Å². The number of ether oxygens (including phenoxy) is 2. The number of nitrogens with zero attached hydrogens (tertiary/aromatic N) is 3. The van der Waals surface area contributed by atoms with E-state index >= 15 is 0 Å². The van der Waals surface area contributed by atoms with E-state index in [4.69, 9.17) is 9.47 Å². The summed E-state index contributed by atoms with van der Waals surface area (Å²) in [5.74, 6) is 0.0480. The van der Waals surface area contributed by atoms with Gasteiger partial charge in [0, 0.05) is 11.3 Å². The number of hydrazone groups is 1. The number of methoxy groups -OCH3 is 1. The van der Waals surface area contributed by atoms with Crippen molar-refractivity contribution in [3.05, 3.63) is 166 Å². The molecular formula is C38H30N4O5. The summed E-state index contributed by atoms with van der Waals surface area (Å²) in [6.07, 6.45) is 1.21. The molecule has 0 aliphatic heterocycles. The fourth-order valence-corrected chi connectivity index (χ4v) is 5.20. The van der Waals surface area contributed by atoms with Crippen LogP contribution in [0.2, 0.25) is 0 Å². The van der Waals surface area contributed by atoms with Crippen LogP contribution in [0.4, 0.5) is 5.69 Å². The number of amides is 1. The van der Waals surface area contributed by atoms with E-state index in [0.29, 0.717) is 11.3 Å². The molecule has 5 aromatic carbocycles. The molecule has 0 unspecified atom stereocenters. The van der Waals surface area contributed by atoms with Crippen molar-refractivity contribution >= 4 is 17.8 Å². The fraction of sp³-hybridized carbons (Fsp3) is 0.0526. The van der Waals surface area contributed by atoms with Crippen LogP contribution in [0.1, 0.15) is 21.5 Å². The Kier molecular flexibility index (Phi) is 9.15. The molecule has 6 rings (SSSR count). The molecule has 0 fully saturated rings. The van der Waals surface area contributed by atoms with Crippen LogP contribution in [0.25, 0.3) is 28.2 Å². The Hall–Kier alpha value is -6.48. The number of carbonyl (C=O) groups excluding carboxylic acids is 1. The lowest BCUT2D eigenvalue weighted by atomic mass is 10.1. The Balaban J connectivity index is 1.21. The topological polar surface area (TPSA) is 108 Å². The van der Waals surface area contributed by atoms with Crippen molar-refractivity contribution in [2.24, 2.45) is 5.10 Å². The third-order valence-electron chi connectivity index (χ3n) is 7.52. The van der Waals surface area contributed by atoms with E-state index in [0.717, 1.165) is 33.8 Å². The maximum atomic E-state index is 13.0. The van der Waals surface area contributed by atoms with E-state index in [1.165, 1.54) is 25.5 Å². The van der Waals surface area contributed by atoms with Crippen LogP contribution < -0.4 is 14.9 Å². The van der Waals surface area contributed by atoms with Crippen molar-refractivity contribution in [3.63, 3.8) is 0 Å². The van der Waals surface area contributed by atoms with Gasteiger partial charge < -0.3 is 14.0 Å². The molecule has 0 radical (unpaired) electrons. The van der Waals surface area contributed by atoms with Crippen molar-refractivity contribution in [1.29, 1.82) is 0 Å². The van der Waals surface area contributed by atoms with Crippen molar-refractivity contribution in [3.8, 4) is 39.7 Å². The molecule has 0 aliphatic rings. The Morgan fingerprint density at radius 3 is 1.91 bits per heavy atom. The number of nitro benzene ring substituents is 1. The molecule has 0 saturated heterocycles. The van der Waals surface area contributed by atoms with Gasteiger partial charge in [0.25, 0.3) is 11.6 Å². The third kappa shape index (κ3) is 6.94. The number of carbonyl (C=O) groups is 1. The summed E-state index contributed by atoms with van der Waals surface area (Å²) in [6, 6.07) is 43.8. The highest BCUT2D eigenvalue weighted by molar-refractivity contribution is 5.95. The molecule has 47 heavy (non-hydrogen) atoms. The molecule has 1 aromatic heterocycles. The Labute approximate surface area is 271 Å². The summed E-state index contributed by atoms with van der Waals surface area (Å²) in [5.41, 5.74) is 8.68. The summed E-state index contributed by atoms with van der Waals surface area (Å²) in [7, 11) is 1.45. The van der Waals surface area contributed by atoms with Crippen LogP contribution in [0.3, 0.4) is 0 Å². The maximum Gasteiger partial charge on any atom is 0.282 e. The molecule has 1 N–H and O–H groups in total. The first-order valence-corrected chi connectivity index (χ1v) is 14.8. The predicted molar refractivity (Wildman–Crippen MR) is 182 cm³/mol. The number of hydrogen-bond acceptors (Lipinski definition) is 6. The highest BCUT2D eigenvalue weighted by Gasteiger charge is 2.20. The second kappa shape index (κ2) is 14.1. The number of hydrogen-bond donors (Lipinski definition) is 1. The lowest BCUT2D eigenvalue weighted by Crippen LogP contribution is -2.17. The molecule has 0 aliphatic carbocycles. The SMILES string of the molecule is COc1cc(/C=N\NC(=O)c2ccc(-n3c(-c4ccccc4)ccc3-c3ccccc3)cc2)c([N+](=O)[O-])cc1OCc1ccccc1. The van der Waals surface area contributed by atoms with Gasteiger partial charge in [0.15, 0.2) is 11.5 Å². The molecule has 9 nitrogen and oxygen atoms in total. The summed E-state index contributed by atoms with van der Waals surface area (Å²) < 4.78 is 13.4. The fourth-order valence-electron chi connectivity index (χ4n) is 5.20. The standard InChI is InChI=1S/C38H30N4O5/c1-46-36-23-31(35(42(44)45)24-37(36)47-26-27-11-5-2-6-12-27)25-39-40-38(43)30-17-19-32(20-18-30)41-33(28-13-7-3-8-14-28)21-22-34(41)29-15-9-4-10-16-29/h2-25H,26H2,1H3,(H,40,43)/b39-25-. The van der Waals surface area contributed by atoms with Crippen molar-refractivity contribution < 1.29 is 19.2 Å². The Morgan fingerprint density at radius 2 is 1.36 bits per heavy atom. The summed E-state index contributed by atoms with van der Waals surface area (Å²) in [6.45, 7) is 0.210. The zero-order valence-corrected chi connectivity index (χ0v) is 25.4. The monoisotopic (exact) mass is 622 g/mol. The van der Waals surface area contributed by atoms with Crippen molar-refractivity contribution in [2.45, 2.75) is 6.61 Å². The minimum atomic E-state index is -0.536. The summed E-state index contributed by atoms with van der Waals surface area (Å²) in [4.78, 5) is 24.4. The van der Waals surface area contributed by atoms with E-state index < -0.39 is 10.8 Å². The lowest BCUT2D eigenvalue weighted by molar-refractivity contribution is -0.385. The minimum Gasteiger partial charge on any atom is -0.493 e. The van der Waals surface area contributed by atoms with E-state index in [1.54, 1.807) is 12.1 Å². The molecule has 0 bridgehead atoms. The second-order valence-electron chi connectivity index (χ2n) is 10.5. The van der Waals surface area contributed by atoms with E-state index in [9.17, 15) is 14.9 Å². The first kappa shape index (κ1) is 30.5. The first-order valence-electron chi connectivity index (χ1n) is 14.8. The smallest absolute Gasteiger partial charge is 0.282 e. The van der Waals surface area contributed by atoms with Gasteiger partial charge in [-0.2, -0.15) is 5.10 Å². The van der Waals surface area contributed by atoms with Gasteiger partial charge >= 0.3 is 0 Å². The second-order valence-corrected chi connectivity index (χ2v) is 10.5. The highest BCUT2D eigenvalue weighted by Crippen LogP contribution is 2.35. The summed E-state index contributed by atoms with van der Waals surface area (Å²) >= 11 is 0. The molecule has 1 heterocycles. The van der Waals surface area contributed by atoms with Gasteiger partial charge in [0.1, 0.15) is 6.61 Å². The van der Waals surface area contributed by atoms with E-state index in [2.05, 4.69) is 51.5 Å². The quantitative estimate of drug-likeness (QED) is 0.0893. The molecule has 232 valence electrons. The molecule has 0 saturated carbocycles. The third-order valence-corrected chi connectivity index (χ3v) is 7.52. The maximum absolute atomic E-state index is 13.0. The molecule has 0 spiro atoms. The van der Waals surface area contributed by atoms with Crippen LogP contribution in [-0.4, -0.2) is 28.7 Å². The van der Waals surface area contributed by atoms with Gasteiger partial charge in [-0.05, 0) is 59.2 Å². The first-order chi connectivity index (χ1) is 23.0. The zero-order chi connectivity index (χ0) is 32.6. The van der Waals surface area contributed by atoms with Crippen LogP contribution >= 0.6 is 0 Å². The molecule has 9 heteroatoms. The van der Waals surface area contributed by atoms with Crippen LogP contribution in [0.5, 0.6) is 11.5 Å². The normalized spacial score (nSPS) is 10.9. The Bertz CT molecular complexity index is 1970. The zero-order valence-electron chi connectivity index (χ0n) is 25.4. The number of aromatic nitrogens is 1. The van der Waals surface area contributed by atoms with Crippen LogP contribution in [-0.2, 0) is 6.61 Å². The van der Waals surface area contributed by atoms with Crippen LogP contribution in [0, 0.1) is 10.1 Å². The molecule has 0 atom stereocenters. The average molecular weight is 623 g/mol. The van der Waals surface area contributed by atoms with Crippen molar-refractivity contribution in [2.75, 3.05) is 7.11 Å². The number of nitrogens with one attached hydrogen (secondary N) is 1. The Morgan fingerprint density at radius 1 is 0.787 bits per heavy atom. The average Bonchev–Trinajstić information content (AvgIpc) is 3.57. The van der Waals surface area contributed by atoms with E-state index in [1.807, 2.05) is 78.9 Å². The van der Waals surface area contributed by atoms with Crippen molar-refractivity contribution in [1.82, 2.24) is 9.99 Å². The summed E-state index contributed by atoms with van der Waals surface area (Å²) in [5, 5.41) is 15.9. The van der Waals surface area contributed by atoms with Gasteiger partial charge in [-0.3, -0.25) is 14.9 Å². The van der Waals surface area contributed by atoms with E-state index in [-0.39, 0.29) is 23.6 Å². The molecular weight excluding hydrogens is 592 g/mol. The highest BCUT2D eigenvalue weighted by atomic mass is 16.6. The molecule has 6 aromatic rings. The number of rotatable bonds is 11. The van der Waals surface area contributed by atoms with Crippen LogP contribution in [0.15, 0.2) is 145 Å². The van der Waals surface area contributed by atoms with Gasteiger partial charge in [0.2, 0.25) is 0 Å². The van der Waals surface area contributed by atoms with Gasteiger partial charge in [0.05, 0.1) is 41.3 Å². The predicted octanol–water partition coefficient (Wildman–Crippen LogP) is 8.07.